The van der Waals surface area contributed by atoms with Crippen LogP contribution in [0.15, 0.2) is 29.2 Å². The Hall–Kier alpha value is -2.20. The van der Waals surface area contributed by atoms with Gasteiger partial charge in [0.15, 0.2) is 0 Å². The first-order chi connectivity index (χ1) is 11.5. The number of hydrogen-bond acceptors (Lipinski definition) is 4. The van der Waals surface area contributed by atoms with Gasteiger partial charge in [0, 0.05) is 23.7 Å². The largest absolute Gasteiger partial charge is 0.481 e. The van der Waals surface area contributed by atoms with Gasteiger partial charge in [-0.25, -0.2) is 4.79 Å². The van der Waals surface area contributed by atoms with E-state index in [-0.39, 0.29) is 17.9 Å². The molecule has 2 N–H and O–H groups in total. The van der Waals surface area contributed by atoms with Crippen molar-refractivity contribution in [2.75, 3.05) is 24.2 Å². The maximum absolute atomic E-state index is 12.4. The molecule has 6 nitrogen and oxygen atoms in total. The van der Waals surface area contributed by atoms with Crippen LogP contribution in [0.4, 0.5) is 10.5 Å². The summed E-state index contributed by atoms with van der Waals surface area (Å²) in [6.07, 6.45) is 0.970. The highest BCUT2D eigenvalue weighted by Gasteiger charge is 2.27. The Labute approximate surface area is 145 Å². The highest BCUT2D eigenvalue weighted by molar-refractivity contribution is 7.99. The number of rotatable bonds is 5. The molecule has 1 aromatic carbocycles. The Balaban J connectivity index is 1.95. The van der Waals surface area contributed by atoms with Crippen LogP contribution in [-0.2, 0) is 4.79 Å². The van der Waals surface area contributed by atoms with Gasteiger partial charge in [-0.2, -0.15) is 5.26 Å². The van der Waals surface area contributed by atoms with Gasteiger partial charge in [-0.3, -0.25) is 4.79 Å². The minimum Gasteiger partial charge on any atom is -0.481 e. The molecule has 1 fully saturated rings. The van der Waals surface area contributed by atoms with E-state index in [0.717, 1.165) is 10.6 Å². The Bertz CT molecular complexity index is 636. The number of thioether (sulfide) groups is 1. The zero-order valence-corrected chi connectivity index (χ0v) is 14.4. The number of carbonyl (C=O) groups excluding carboxylic acids is 1. The smallest absolute Gasteiger partial charge is 0.321 e. The molecule has 0 radical (unpaired) electrons. The second kappa shape index (κ2) is 8.60. The second-order valence-electron chi connectivity index (χ2n) is 5.87. The number of para-hydroxylation sites is 1. The number of nitrogens with one attached hydrogen (secondary N) is 1. The summed E-state index contributed by atoms with van der Waals surface area (Å²) in [5.41, 5.74) is 0.720. The molecule has 0 bridgehead atoms. The van der Waals surface area contributed by atoms with E-state index in [2.05, 4.69) is 11.4 Å². The van der Waals surface area contributed by atoms with E-state index in [1.807, 2.05) is 31.2 Å². The van der Waals surface area contributed by atoms with Gasteiger partial charge in [-0.05, 0) is 31.9 Å². The molecule has 0 aliphatic carbocycles. The number of anilines is 1. The summed E-state index contributed by atoms with van der Waals surface area (Å²) < 4.78 is 0. The van der Waals surface area contributed by atoms with Crippen molar-refractivity contribution in [3.05, 3.63) is 24.3 Å². The molecular formula is C17H21N3O3S. The van der Waals surface area contributed by atoms with E-state index in [1.165, 1.54) is 11.8 Å². The van der Waals surface area contributed by atoms with Crippen LogP contribution in [0.2, 0.25) is 0 Å². The molecule has 7 heteroatoms. The van der Waals surface area contributed by atoms with E-state index >= 15 is 0 Å². The lowest BCUT2D eigenvalue weighted by Crippen LogP contribution is -2.42. The number of aliphatic carboxylic acids is 1. The van der Waals surface area contributed by atoms with Crippen molar-refractivity contribution in [2.45, 2.75) is 24.7 Å². The summed E-state index contributed by atoms with van der Waals surface area (Å²) in [5, 5.41) is 20.8. The monoisotopic (exact) mass is 347 g/mol. The van der Waals surface area contributed by atoms with Crippen molar-refractivity contribution in [1.82, 2.24) is 4.90 Å². The SMILES string of the molecule is CC(C#N)CSc1ccccc1NC(=O)N1CCC(C(=O)O)CC1. The Kier molecular flexibility index (Phi) is 6.50. The zero-order chi connectivity index (χ0) is 17.5. The van der Waals surface area contributed by atoms with Crippen molar-refractivity contribution >= 4 is 29.4 Å². The molecule has 0 spiro atoms. The molecule has 2 rings (SSSR count). The van der Waals surface area contributed by atoms with E-state index < -0.39 is 5.97 Å². The fourth-order valence-electron chi connectivity index (χ4n) is 2.47. The first kappa shape index (κ1) is 18.1. The van der Waals surface area contributed by atoms with Crippen molar-refractivity contribution in [1.29, 1.82) is 5.26 Å². The molecule has 1 heterocycles. The maximum Gasteiger partial charge on any atom is 0.321 e. The predicted octanol–water partition coefficient (Wildman–Crippen LogP) is 3.27. The van der Waals surface area contributed by atoms with Crippen LogP contribution in [0.1, 0.15) is 19.8 Å². The number of amides is 2. The molecule has 1 saturated heterocycles. The van der Waals surface area contributed by atoms with E-state index in [1.54, 1.807) is 4.90 Å². The highest BCUT2D eigenvalue weighted by atomic mass is 32.2. The molecule has 1 unspecified atom stereocenters. The van der Waals surface area contributed by atoms with Gasteiger partial charge in [-0.1, -0.05) is 12.1 Å². The molecule has 1 aromatic rings. The molecule has 1 aliphatic rings. The van der Waals surface area contributed by atoms with E-state index in [0.29, 0.717) is 31.7 Å². The minimum atomic E-state index is -0.789. The number of nitrogens with zero attached hydrogens (tertiary/aromatic N) is 2. The van der Waals surface area contributed by atoms with E-state index in [4.69, 9.17) is 10.4 Å². The van der Waals surface area contributed by atoms with Gasteiger partial charge in [0.05, 0.1) is 23.6 Å². The van der Waals surface area contributed by atoms with Crippen LogP contribution in [-0.4, -0.2) is 40.8 Å². The summed E-state index contributed by atoms with van der Waals surface area (Å²) in [6, 6.07) is 9.49. The molecule has 2 amide bonds. The number of benzene rings is 1. The van der Waals surface area contributed by atoms with E-state index in [9.17, 15) is 9.59 Å². The van der Waals surface area contributed by atoms with Crippen molar-refractivity contribution in [3.63, 3.8) is 0 Å². The summed E-state index contributed by atoms with van der Waals surface area (Å²) in [6.45, 7) is 2.76. The highest BCUT2D eigenvalue weighted by Crippen LogP contribution is 2.29. The summed E-state index contributed by atoms with van der Waals surface area (Å²) in [7, 11) is 0. The number of urea groups is 1. The van der Waals surface area contributed by atoms with Crippen molar-refractivity contribution < 1.29 is 14.7 Å². The third-order valence-corrected chi connectivity index (χ3v) is 5.30. The number of nitriles is 1. The molecule has 1 aliphatic heterocycles. The van der Waals surface area contributed by atoms with Gasteiger partial charge in [0.25, 0.3) is 0 Å². The molecular weight excluding hydrogens is 326 g/mol. The zero-order valence-electron chi connectivity index (χ0n) is 13.6. The van der Waals surface area contributed by atoms with Crippen molar-refractivity contribution in [2.24, 2.45) is 11.8 Å². The van der Waals surface area contributed by atoms with Gasteiger partial charge in [-0.15, -0.1) is 11.8 Å². The maximum atomic E-state index is 12.4. The number of carbonyl (C=O) groups is 2. The van der Waals surface area contributed by atoms with Gasteiger partial charge in [0.1, 0.15) is 0 Å². The number of piperidine rings is 1. The molecule has 128 valence electrons. The normalized spacial score (nSPS) is 16.2. The fourth-order valence-corrected chi connectivity index (χ4v) is 3.43. The molecule has 1 atom stereocenters. The van der Waals surface area contributed by atoms with Gasteiger partial charge in [0.2, 0.25) is 0 Å². The average molecular weight is 347 g/mol. The third kappa shape index (κ3) is 4.90. The number of carboxylic acids is 1. The average Bonchev–Trinajstić information content (AvgIpc) is 2.60. The molecule has 24 heavy (non-hydrogen) atoms. The molecule has 0 aromatic heterocycles. The summed E-state index contributed by atoms with van der Waals surface area (Å²) in [5.74, 6) is -0.547. The Morgan fingerprint density at radius 2 is 2.08 bits per heavy atom. The van der Waals surface area contributed by atoms with Gasteiger partial charge < -0.3 is 15.3 Å². The van der Waals surface area contributed by atoms with Gasteiger partial charge >= 0.3 is 12.0 Å². The number of likely N-dealkylation sites (tertiary alicyclic amines) is 1. The first-order valence-electron chi connectivity index (χ1n) is 7.91. The Morgan fingerprint density at radius 1 is 1.42 bits per heavy atom. The van der Waals surface area contributed by atoms with Crippen LogP contribution in [0.5, 0.6) is 0 Å². The van der Waals surface area contributed by atoms with Crippen LogP contribution in [0.25, 0.3) is 0 Å². The number of carboxylic acid groups (broad SMARTS) is 1. The molecule has 0 saturated carbocycles. The second-order valence-corrected chi connectivity index (χ2v) is 6.93. The first-order valence-corrected chi connectivity index (χ1v) is 8.90. The number of hydrogen-bond donors (Lipinski definition) is 2. The summed E-state index contributed by atoms with van der Waals surface area (Å²) in [4.78, 5) is 25.9. The quantitative estimate of drug-likeness (QED) is 0.797. The summed E-state index contributed by atoms with van der Waals surface area (Å²) >= 11 is 1.54. The topological polar surface area (TPSA) is 93.4 Å². The fraction of sp³-hybridized carbons (Fsp3) is 0.471. The lowest BCUT2D eigenvalue weighted by Gasteiger charge is -2.30. The third-order valence-electron chi connectivity index (χ3n) is 3.97. The lowest BCUT2D eigenvalue weighted by molar-refractivity contribution is -0.143. The standard InChI is InChI=1S/C17H21N3O3S/c1-12(10-18)11-24-15-5-3-2-4-14(15)19-17(23)20-8-6-13(7-9-20)16(21)22/h2-5,12-13H,6-9,11H2,1H3,(H,19,23)(H,21,22). The van der Waals surface area contributed by atoms with Crippen LogP contribution < -0.4 is 5.32 Å². The van der Waals surface area contributed by atoms with Crippen LogP contribution in [0.3, 0.4) is 0 Å². The minimum absolute atomic E-state index is 0.0613. The predicted molar refractivity (Wildman–Crippen MR) is 92.9 cm³/mol. The Morgan fingerprint density at radius 3 is 2.71 bits per heavy atom. The van der Waals surface area contributed by atoms with Crippen LogP contribution in [0, 0.1) is 23.2 Å². The van der Waals surface area contributed by atoms with Crippen molar-refractivity contribution in [3.8, 4) is 6.07 Å². The lowest BCUT2D eigenvalue weighted by atomic mass is 9.97. The van der Waals surface area contributed by atoms with Crippen LogP contribution >= 0.6 is 11.8 Å².